The number of ether oxygens (including phenoxy) is 2. The standard InChI is InChI=1S/C15H21NO4/c1-3-9-16(12-15(17)18)10-11-20-14-7-5-13(6-8-14)19-4-2/h3,5-8H,1,4,9-12H2,2H3,(H,17,18). The molecule has 5 heteroatoms. The van der Waals surface area contributed by atoms with E-state index in [0.29, 0.717) is 26.3 Å². The Morgan fingerprint density at radius 3 is 2.40 bits per heavy atom. The highest BCUT2D eigenvalue weighted by atomic mass is 16.5. The Hall–Kier alpha value is -2.01. The van der Waals surface area contributed by atoms with Gasteiger partial charge in [0.1, 0.15) is 18.1 Å². The number of carbonyl (C=O) groups is 1. The summed E-state index contributed by atoms with van der Waals surface area (Å²) in [5.74, 6) is 0.689. The number of carboxylic acid groups (broad SMARTS) is 1. The second-order valence-corrected chi connectivity index (χ2v) is 4.17. The van der Waals surface area contributed by atoms with Crippen molar-refractivity contribution in [3.05, 3.63) is 36.9 Å². The quantitative estimate of drug-likeness (QED) is 0.664. The fourth-order valence-corrected chi connectivity index (χ4v) is 1.70. The Bertz CT molecular complexity index is 416. The highest BCUT2D eigenvalue weighted by molar-refractivity contribution is 5.69. The van der Waals surface area contributed by atoms with Gasteiger partial charge in [-0.2, -0.15) is 0 Å². The van der Waals surface area contributed by atoms with Crippen LogP contribution < -0.4 is 9.47 Å². The van der Waals surface area contributed by atoms with Gasteiger partial charge in [-0.3, -0.25) is 9.69 Å². The smallest absolute Gasteiger partial charge is 0.317 e. The van der Waals surface area contributed by atoms with Crippen molar-refractivity contribution in [3.63, 3.8) is 0 Å². The van der Waals surface area contributed by atoms with Crippen LogP contribution in [-0.4, -0.2) is 48.8 Å². The van der Waals surface area contributed by atoms with Crippen molar-refractivity contribution < 1.29 is 19.4 Å². The summed E-state index contributed by atoms with van der Waals surface area (Å²) in [5.41, 5.74) is 0. The lowest BCUT2D eigenvalue weighted by molar-refractivity contribution is -0.138. The highest BCUT2D eigenvalue weighted by Gasteiger charge is 2.07. The van der Waals surface area contributed by atoms with E-state index in [4.69, 9.17) is 14.6 Å². The zero-order valence-corrected chi connectivity index (χ0v) is 11.7. The fraction of sp³-hybridized carbons (Fsp3) is 0.400. The maximum atomic E-state index is 10.7. The van der Waals surface area contributed by atoms with Crippen molar-refractivity contribution in [1.82, 2.24) is 4.90 Å². The maximum absolute atomic E-state index is 10.7. The number of aliphatic carboxylic acids is 1. The molecule has 1 aromatic rings. The van der Waals surface area contributed by atoms with Gasteiger partial charge in [0.15, 0.2) is 0 Å². The predicted molar refractivity (Wildman–Crippen MR) is 77.4 cm³/mol. The molecule has 0 aromatic heterocycles. The molecule has 0 bridgehead atoms. The van der Waals surface area contributed by atoms with E-state index in [1.807, 2.05) is 31.2 Å². The van der Waals surface area contributed by atoms with Crippen LogP contribution in [-0.2, 0) is 4.79 Å². The fourth-order valence-electron chi connectivity index (χ4n) is 1.70. The van der Waals surface area contributed by atoms with Crippen LogP contribution in [0.3, 0.4) is 0 Å². The van der Waals surface area contributed by atoms with Gasteiger partial charge in [-0.15, -0.1) is 6.58 Å². The number of nitrogens with zero attached hydrogens (tertiary/aromatic N) is 1. The van der Waals surface area contributed by atoms with E-state index in [1.54, 1.807) is 11.0 Å². The summed E-state index contributed by atoms with van der Waals surface area (Å²) in [4.78, 5) is 12.4. The van der Waals surface area contributed by atoms with Crippen LogP contribution in [0.25, 0.3) is 0 Å². The number of benzene rings is 1. The second-order valence-electron chi connectivity index (χ2n) is 4.17. The summed E-state index contributed by atoms with van der Waals surface area (Å²) >= 11 is 0. The molecule has 1 N–H and O–H groups in total. The summed E-state index contributed by atoms with van der Waals surface area (Å²) in [7, 11) is 0. The Balaban J connectivity index is 2.37. The molecule has 20 heavy (non-hydrogen) atoms. The van der Waals surface area contributed by atoms with Crippen LogP contribution in [0.15, 0.2) is 36.9 Å². The molecule has 0 aliphatic heterocycles. The Labute approximate surface area is 119 Å². The van der Waals surface area contributed by atoms with Gasteiger partial charge >= 0.3 is 5.97 Å². The van der Waals surface area contributed by atoms with Gasteiger partial charge in [-0.25, -0.2) is 0 Å². The van der Waals surface area contributed by atoms with Crippen LogP contribution in [0.1, 0.15) is 6.92 Å². The summed E-state index contributed by atoms with van der Waals surface area (Å²) in [6.07, 6.45) is 1.68. The first kappa shape index (κ1) is 16.0. The number of hydrogen-bond donors (Lipinski definition) is 1. The number of hydrogen-bond acceptors (Lipinski definition) is 4. The van der Waals surface area contributed by atoms with E-state index in [-0.39, 0.29) is 6.54 Å². The molecule has 0 saturated heterocycles. The monoisotopic (exact) mass is 279 g/mol. The highest BCUT2D eigenvalue weighted by Crippen LogP contribution is 2.17. The summed E-state index contributed by atoms with van der Waals surface area (Å²) in [6, 6.07) is 7.36. The van der Waals surface area contributed by atoms with Gasteiger partial charge < -0.3 is 14.6 Å². The van der Waals surface area contributed by atoms with E-state index >= 15 is 0 Å². The third kappa shape index (κ3) is 6.24. The van der Waals surface area contributed by atoms with Crippen molar-refractivity contribution in [1.29, 1.82) is 0 Å². The summed E-state index contributed by atoms with van der Waals surface area (Å²) in [5, 5.41) is 8.78. The normalized spacial score (nSPS) is 10.3. The molecule has 1 aromatic carbocycles. The molecule has 0 radical (unpaired) electrons. The Kier molecular flexibility index (Phi) is 7.21. The Morgan fingerprint density at radius 2 is 1.90 bits per heavy atom. The summed E-state index contributed by atoms with van der Waals surface area (Å²) in [6.45, 7) is 7.64. The molecule has 110 valence electrons. The molecule has 0 unspecified atom stereocenters. The average Bonchev–Trinajstić information content (AvgIpc) is 2.40. The van der Waals surface area contributed by atoms with E-state index < -0.39 is 5.97 Å². The topological polar surface area (TPSA) is 59.0 Å². The third-order valence-corrected chi connectivity index (χ3v) is 2.56. The van der Waals surface area contributed by atoms with Crippen molar-refractivity contribution in [2.45, 2.75) is 6.92 Å². The molecule has 1 rings (SSSR count). The van der Waals surface area contributed by atoms with Crippen LogP contribution in [0.2, 0.25) is 0 Å². The maximum Gasteiger partial charge on any atom is 0.317 e. The van der Waals surface area contributed by atoms with Gasteiger partial charge in [-0.1, -0.05) is 6.08 Å². The van der Waals surface area contributed by atoms with Crippen LogP contribution in [0.4, 0.5) is 0 Å². The minimum atomic E-state index is -0.854. The molecule has 0 aliphatic carbocycles. The van der Waals surface area contributed by atoms with Gasteiger partial charge in [-0.05, 0) is 31.2 Å². The molecule has 0 fully saturated rings. The molecule has 0 amide bonds. The van der Waals surface area contributed by atoms with Crippen molar-refractivity contribution in [2.75, 3.05) is 32.8 Å². The SMILES string of the molecule is C=CCN(CCOc1ccc(OCC)cc1)CC(=O)O. The zero-order chi connectivity index (χ0) is 14.8. The van der Waals surface area contributed by atoms with E-state index in [2.05, 4.69) is 6.58 Å². The second kappa shape index (κ2) is 8.98. The van der Waals surface area contributed by atoms with Gasteiger partial charge in [0.05, 0.1) is 13.2 Å². The van der Waals surface area contributed by atoms with Crippen molar-refractivity contribution in [3.8, 4) is 11.5 Å². The van der Waals surface area contributed by atoms with Gasteiger partial charge in [0, 0.05) is 13.1 Å². The Morgan fingerprint density at radius 1 is 1.30 bits per heavy atom. The van der Waals surface area contributed by atoms with Gasteiger partial charge in [0.25, 0.3) is 0 Å². The van der Waals surface area contributed by atoms with Crippen LogP contribution in [0, 0.1) is 0 Å². The van der Waals surface area contributed by atoms with Crippen LogP contribution in [0.5, 0.6) is 11.5 Å². The molecular formula is C15H21NO4. The van der Waals surface area contributed by atoms with E-state index in [9.17, 15) is 4.79 Å². The lowest BCUT2D eigenvalue weighted by Gasteiger charge is -2.18. The minimum absolute atomic E-state index is 0.0152. The first-order chi connectivity index (χ1) is 9.65. The molecule has 0 heterocycles. The van der Waals surface area contributed by atoms with Gasteiger partial charge in [0.2, 0.25) is 0 Å². The number of rotatable bonds is 10. The predicted octanol–water partition coefficient (Wildman–Crippen LogP) is 2.04. The zero-order valence-electron chi connectivity index (χ0n) is 11.7. The molecular weight excluding hydrogens is 258 g/mol. The lowest BCUT2D eigenvalue weighted by Crippen LogP contribution is -2.33. The minimum Gasteiger partial charge on any atom is -0.494 e. The third-order valence-electron chi connectivity index (χ3n) is 2.56. The molecule has 5 nitrogen and oxygen atoms in total. The average molecular weight is 279 g/mol. The molecule has 0 saturated carbocycles. The first-order valence-corrected chi connectivity index (χ1v) is 6.56. The number of carboxylic acids is 1. The first-order valence-electron chi connectivity index (χ1n) is 6.56. The summed E-state index contributed by atoms with van der Waals surface area (Å²) < 4.78 is 10.9. The van der Waals surface area contributed by atoms with Crippen molar-refractivity contribution in [2.24, 2.45) is 0 Å². The van der Waals surface area contributed by atoms with E-state index in [1.165, 1.54) is 0 Å². The van der Waals surface area contributed by atoms with Crippen molar-refractivity contribution >= 4 is 5.97 Å². The largest absolute Gasteiger partial charge is 0.494 e. The molecule has 0 atom stereocenters. The van der Waals surface area contributed by atoms with E-state index in [0.717, 1.165) is 11.5 Å². The molecule has 0 aliphatic rings. The lowest BCUT2D eigenvalue weighted by atomic mass is 10.3. The van der Waals surface area contributed by atoms with Crippen LogP contribution >= 0.6 is 0 Å². The molecule has 0 spiro atoms.